The van der Waals surface area contributed by atoms with Crippen molar-refractivity contribution in [2.45, 2.75) is 26.3 Å². The van der Waals surface area contributed by atoms with Crippen LogP contribution in [-0.4, -0.2) is 0 Å². The molecule has 0 fully saturated rings. The summed E-state index contributed by atoms with van der Waals surface area (Å²) in [6.45, 7) is 4.20. The first-order chi connectivity index (χ1) is 8.06. The molecule has 0 radical (unpaired) electrons. The molecule has 0 saturated heterocycles. The Balaban J connectivity index is 2.11. The predicted octanol–water partition coefficient (Wildman–Crippen LogP) is 3.75. The Kier molecular flexibility index (Phi) is 3.60. The van der Waals surface area contributed by atoms with Crippen molar-refractivity contribution in [3.05, 3.63) is 57.0 Å². The van der Waals surface area contributed by atoms with Crippen molar-refractivity contribution in [1.29, 1.82) is 0 Å². The average molecular weight is 249 g/mol. The molecule has 1 nitrogen and oxygen atoms in total. The SMILES string of the molecule is Cc1cc(C(N)Cc2ccc(F)cc2)sc1C. The third kappa shape index (κ3) is 2.93. The summed E-state index contributed by atoms with van der Waals surface area (Å²) in [6.07, 6.45) is 0.750. The van der Waals surface area contributed by atoms with Crippen molar-refractivity contribution < 1.29 is 4.39 Å². The van der Waals surface area contributed by atoms with E-state index in [0.717, 1.165) is 12.0 Å². The highest BCUT2D eigenvalue weighted by molar-refractivity contribution is 7.12. The fraction of sp³-hybridized carbons (Fsp3) is 0.286. The van der Waals surface area contributed by atoms with Gasteiger partial charge in [0.2, 0.25) is 0 Å². The van der Waals surface area contributed by atoms with Gasteiger partial charge in [-0.3, -0.25) is 0 Å². The maximum Gasteiger partial charge on any atom is 0.123 e. The summed E-state index contributed by atoms with van der Waals surface area (Å²) < 4.78 is 12.8. The molecule has 2 aromatic rings. The molecular weight excluding hydrogens is 233 g/mol. The van der Waals surface area contributed by atoms with Crippen LogP contribution in [0, 0.1) is 19.7 Å². The largest absolute Gasteiger partial charge is 0.323 e. The van der Waals surface area contributed by atoms with E-state index in [2.05, 4.69) is 19.9 Å². The smallest absolute Gasteiger partial charge is 0.123 e. The summed E-state index contributed by atoms with van der Waals surface area (Å²) in [5.41, 5.74) is 8.53. The predicted molar refractivity (Wildman–Crippen MR) is 70.8 cm³/mol. The second-order valence-corrected chi connectivity index (χ2v) is 5.61. The van der Waals surface area contributed by atoms with Gasteiger partial charge < -0.3 is 5.73 Å². The third-order valence-corrected chi connectivity index (χ3v) is 4.20. The standard InChI is InChI=1S/C14H16FNS/c1-9-7-14(17-10(9)2)13(16)8-11-3-5-12(15)6-4-11/h3-7,13H,8,16H2,1-2H3. The quantitative estimate of drug-likeness (QED) is 0.881. The fourth-order valence-electron chi connectivity index (χ4n) is 1.76. The highest BCUT2D eigenvalue weighted by Crippen LogP contribution is 2.27. The van der Waals surface area contributed by atoms with Gasteiger partial charge in [0.05, 0.1) is 0 Å². The lowest BCUT2D eigenvalue weighted by molar-refractivity contribution is 0.626. The number of nitrogens with two attached hydrogens (primary N) is 1. The van der Waals surface area contributed by atoms with Crippen molar-refractivity contribution in [2.24, 2.45) is 5.73 Å². The molecule has 0 aliphatic carbocycles. The molecule has 2 N–H and O–H groups in total. The van der Waals surface area contributed by atoms with Crippen molar-refractivity contribution in [3.63, 3.8) is 0 Å². The molecule has 0 saturated carbocycles. The van der Waals surface area contributed by atoms with Crippen molar-refractivity contribution >= 4 is 11.3 Å². The van der Waals surface area contributed by atoms with Gasteiger partial charge in [-0.15, -0.1) is 11.3 Å². The van der Waals surface area contributed by atoms with E-state index in [1.807, 2.05) is 0 Å². The Hall–Kier alpha value is -1.19. The molecule has 1 atom stereocenters. The first kappa shape index (κ1) is 12.3. The van der Waals surface area contributed by atoms with Crippen LogP contribution >= 0.6 is 11.3 Å². The van der Waals surface area contributed by atoms with Gasteiger partial charge in [-0.05, 0) is 49.6 Å². The Morgan fingerprint density at radius 3 is 2.41 bits per heavy atom. The average Bonchev–Trinajstić information content (AvgIpc) is 2.63. The number of benzene rings is 1. The highest BCUT2D eigenvalue weighted by Gasteiger charge is 2.11. The third-order valence-electron chi connectivity index (χ3n) is 2.92. The van der Waals surface area contributed by atoms with Gasteiger partial charge >= 0.3 is 0 Å². The van der Waals surface area contributed by atoms with Gasteiger partial charge in [-0.1, -0.05) is 12.1 Å². The van der Waals surface area contributed by atoms with Crippen LogP contribution in [-0.2, 0) is 6.42 Å². The molecule has 1 unspecified atom stereocenters. The van der Waals surface area contributed by atoms with Crippen LogP contribution in [0.3, 0.4) is 0 Å². The van der Waals surface area contributed by atoms with E-state index in [-0.39, 0.29) is 11.9 Å². The van der Waals surface area contributed by atoms with E-state index in [0.29, 0.717) is 0 Å². The number of aryl methyl sites for hydroxylation is 2. The topological polar surface area (TPSA) is 26.0 Å². The zero-order chi connectivity index (χ0) is 12.4. The van der Waals surface area contributed by atoms with Gasteiger partial charge in [-0.25, -0.2) is 4.39 Å². The van der Waals surface area contributed by atoms with E-state index in [4.69, 9.17) is 5.73 Å². The van der Waals surface area contributed by atoms with E-state index in [9.17, 15) is 4.39 Å². The molecule has 0 aliphatic rings. The summed E-state index contributed by atoms with van der Waals surface area (Å²) >= 11 is 1.75. The van der Waals surface area contributed by atoms with Crippen LogP contribution in [0.4, 0.5) is 4.39 Å². The van der Waals surface area contributed by atoms with Crippen molar-refractivity contribution in [2.75, 3.05) is 0 Å². The van der Waals surface area contributed by atoms with E-state index in [1.165, 1.54) is 27.5 Å². The van der Waals surface area contributed by atoms with Crippen molar-refractivity contribution in [1.82, 2.24) is 0 Å². The molecule has 3 heteroatoms. The van der Waals surface area contributed by atoms with E-state index >= 15 is 0 Å². The van der Waals surface area contributed by atoms with Gasteiger partial charge in [0.25, 0.3) is 0 Å². The summed E-state index contributed by atoms with van der Waals surface area (Å²) in [7, 11) is 0. The second kappa shape index (κ2) is 4.98. The number of hydrogen-bond acceptors (Lipinski definition) is 2. The molecular formula is C14H16FNS. The van der Waals surface area contributed by atoms with E-state index < -0.39 is 0 Å². The highest BCUT2D eigenvalue weighted by atomic mass is 32.1. The molecule has 1 aromatic heterocycles. The molecule has 1 heterocycles. The normalized spacial score (nSPS) is 12.7. The Bertz CT molecular complexity index is 482. The van der Waals surface area contributed by atoms with Crippen LogP contribution in [0.1, 0.15) is 26.9 Å². The van der Waals surface area contributed by atoms with Crippen LogP contribution in [0.5, 0.6) is 0 Å². The Morgan fingerprint density at radius 1 is 1.24 bits per heavy atom. The molecule has 0 bridgehead atoms. The van der Waals surface area contributed by atoms with E-state index in [1.54, 1.807) is 23.5 Å². The van der Waals surface area contributed by atoms with Crippen LogP contribution in [0.2, 0.25) is 0 Å². The summed E-state index contributed by atoms with van der Waals surface area (Å²) in [4.78, 5) is 2.51. The van der Waals surface area contributed by atoms with Gasteiger partial charge in [0, 0.05) is 15.8 Å². The lowest BCUT2D eigenvalue weighted by Crippen LogP contribution is -2.11. The first-order valence-electron chi connectivity index (χ1n) is 5.63. The lowest BCUT2D eigenvalue weighted by atomic mass is 10.0. The molecule has 0 spiro atoms. The molecule has 0 aliphatic heterocycles. The molecule has 2 rings (SSSR count). The number of hydrogen-bond donors (Lipinski definition) is 1. The molecule has 90 valence electrons. The maximum atomic E-state index is 12.8. The maximum absolute atomic E-state index is 12.8. The zero-order valence-electron chi connectivity index (χ0n) is 10.0. The fourth-order valence-corrected chi connectivity index (χ4v) is 2.80. The summed E-state index contributed by atoms with van der Waals surface area (Å²) in [6, 6.07) is 8.69. The summed E-state index contributed by atoms with van der Waals surface area (Å²) in [5, 5.41) is 0. The minimum absolute atomic E-state index is 0.00198. The Labute approximate surface area is 105 Å². The monoisotopic (exact) mass is 249 g/mol. The molecule has 1 aromatic carbocycles. The number of rotatable bonds is 3. The summed E-state index contributed by atoms with van der Waals surface area (Å²) in [5.74, 6) is -0.204. The van der Waals surface area contributed by atoms with Gasteiger partial charge in [0.15, 0.2) is 0 Å². The second-order valence-electron chi connectivity index (χ2n) is 4.33. The minimum atomic E-state index is -0.204. The Morgan fingerprint density at radius 2 is 1.88 bits per heavy atom. The molecule has 0 amide bonds. The minimum Gasteiger partial charge on any atom is -0.323 e. The first-order valence-corrected chi connectivity index (χ1v) is 6.45. The van der Waals surface area contributed by atoms with Crippen LogP contribution < -0.4 is 5.73 Å². The van der Waals surface area contributed by atoms with Gasteiger partial charge in [0.1, 0.15) is 5.82 Å². The molecule has 17 heavy (non-hydrogen) atoms. The number of thiophene rings is 1. The van der Waals surface area contributed by atoms with Crippen LogP contribution in [0.25, 0.3) is 0 Å². The van der Waals surface area contributed by atoms with Crippen LogP contribution in [0.15, 0.2) is 30.3 Å². The number of halogens is 1. The lowest BCUT2D eigenvalue weighted by Gasteiger charge is -2.09. The van der Waals surface area contributed by atoms with Crippen molar-refractivity contribution in [3.8, 4) is 0 Å². The van der Waals surface area contributed by atoms with Gasteiger partial charge in [-0.2, -0.15) is 0 Å². The zero-order valence-corrected chi connectivity index (χ0v) is 10.9.